The van der Waals surface area contributed by atoms with E-state index in [9.17, 15) is 4.79 Å². The van der Waals surface area contributed by atoms with Gasteiger partial charge in [0.2, 0.25) is 0 Å². The van der Waals surface area contributed by atoms with Crippen LogP contribution in [0.1, 0.15) is 16.1 Å². The molecule has 0 bridgehead atoms. The Labute approximate surface area is 126 Å². The summed E-state index contributed by atoms with van der Waals surface area (Å²) in [7, 11) is 3.49. The van der Waals surface area contributed by atoms with Gasteiger partial charge in [-0.3, -0.25) is 9.78 Å². The molecule has 104 valence electrons. The normalized spacial score (nSPS) is 10.2. The molecular formula is C14H15BrN4O. The summed E-state index contributed by atoms with van der Waals surface area (Å²) in [6.07, 6.45) is 3.05. The van der Waals surface area contributed by atoms with E-state index in [4.69, 9.17) is 0 Å². The molecule has 1 aromatic heterocycles. The molecule has 0 atom stereocenters. The Balaban J connectivity index is 2.09. The molecule has 5 nitrogen and oxygen atoms in total. The average molecular weight is 335 g/mol. The first-order valence-corrected chi connectivity index (χ1v) is 6.89. The number of nitrogens with zero attached hydrogens (tertiary/aromatic N) is 3. The molecule has 1 aromatic carbocycles. The Kier molecular flexibility index (Phi) is 4.68. The molecule has 2 aromatic rings. The second-order valence-electron chi connectivity index (χ2n) is 4.33. The maximum Gasteiger partial charge on any atom is 0.274 e. The molecule has 6 heteroatoms. The standard InChI is InChI=1S/C14H15BrN4O/c1-16-13-8-17-7-12(18-13)14(20)19(2)9-10-3-5-11(15)6-4-10/h3-8H,9H2,1-2H3,(H,16,18). The SMILES string of the molecule is CNc1cncc(C(=O)N(C)Cc2ccc(Br)cc2)n1. The lowest BCUT2D eigenvalue weighted by atomic mass is 10.2. The second kappa shape index (κ2) is 6.47. The maximum atomic E-state index is 12.3. The largest absolute Gasteiger partial charge is 0.372 e. The van der Waals surface area contributed by atoms with Crippen molar-refractivity contribution in [3.05, 3.63) is 52.4 Å². The van der Waals surface area contributed by atoms with Crippen LogP contribution in [0.25, 0.3) is 0 Å². The zero-order valence-electron chi connectivity index (χ0n) is 11.3. The van der Waals surface area contributed by atoms with E-state index < -0.39 is 0 Å². The Bertz CT molecular complexity index is 600. The van der Waals surface area contributed by atoms with Crippen LogP contribution >= 0.6 is 15.9 Å². The fourth-order valence-corrected chi connectivity index (χ4v) is 1.98. The van der Waals surface area contributed by atoms with E-state index in [1.54, 1.807) is 25.2 Å². The van der Waals surface area contributed by atoms with Crippen LogP contribution in [0, 0.1) is 0 Å². The number of amides is 1. The fraction of sp³-hybridized carbons (Fsp3) is 0.214. The number of benzene rings is 1. The van der Waals surface area contributed by atoms with Gasteiger partial charge in [-0.05, 0) is 17.7 Å². The van der Waals surface area contributed by atoms with Gasteiger partial charge in [-0.15, -0.1) is 0 Å². The third-order valence-electron chi connectivity index (χ3n) is 2.79. The van der Waals surface area contributed by atoms with Gasteiger partial charge in [0.1, 0.15) is 11.5 Å². The number of hydrogen-bond donors (Lipinski definition) is 1. The quantitative estimate of drug-likeness (QED) is 0.933. The van der Waals surface area contributed by atoms with Gasteiger partial charge in [0, 0.05) is 25.1 Å². The second-order valence-corrected chi connectivity index (χ2v) is 5.24. The molecule has 1 heterocycles. The highest BCUT2D eigenvalue weighted by Crippen LogP contribution is 2.13. The number of rotatable bonds is 4. The predicted octanol–water partition coefficient (Wildman–Crippen LogP) is 2.55. The number of carbonyl (C=O) groups excluding carboxylic acids is 1. The maximum absolute atomic E-state index is 12.3. The van der Waals surface area contributed by atoms with Crippen LogP contribution in [0.4, 0.5) is 5.82 Å². The molecule has 0 aliphatic rings. The summed E-state index contributed by atoms with van der Waals surface area (Å²) in [4.78, 5) is 22.1. The van der Waals surface area contributed by atoms with Crippen molar-refractivity contribution in [1.29, 1.82) is 0 Å². The monoisotopic (exact) mass is 334 g/mol. The van der Waals surface area contributed by atoms with Crippen molar-refractivity contribution in [2.24, 2.45) is 0 Å². The summed E-state index contributed by atoms with van der Waals surface area (Å²) in [5.74, 6) is 0.422. The van der Waals surface area contributed by atoms with Crippen molar-refractivity contribution in [1.82, 2.24) is 14.9 Å². The van der Waals surface area contributed by atoms with Crippen molar-refractivity contribution in [3.63, 3.8) is 0 Å². The van der Waals surface area contributed by atoms with Crippen molar-refractivity contribution in [2.45, 2.75) is 6.54 Å². The van der Waals surface area contributed by atoms with Gasteiger partial charge in [0.15, 0.2) is 0 Å². The summed E-state index contributed by atoms with van der Waals surface area (Å²) < 4.78 is 1.02. The molecule has 2 rings (SSSR count). The first-order valence-electron chi connectivity index (χ1n) is 6.10. The number of halogens is 1. The Hall–Kier alpha value is -1.95. The van der Waals surface area contributed by atoms with Gasteiger partial charge < -0.3 is 10.2 Å². The fourth-order valence-electron chi connectivity index (χ4n) is 1.72. The van der Waals surface area contributed by atoms with Crippen LogP contribution in [0.15, 0.2) is 41.1 Å². The van der Waals surface area contributed by atoms with E-state index in [1.165, 1.54) is 6.20 Å². The molecule has 1 N–H and O–H groups in total. The van der Waals surface area contributed by atoms with Gasteiger partial charge in [-0.2, -0.15) is 0 Å². The summed E-state index contributed by atoms with van der Waals surface area (Å²) in [5.41, 5.74) is 1.39. The molecule has 0 radical (unpaired) electrons. The molecule has 1 amide bonds. The number of nitrogens with one attached hydrogen (secondary N) is 1. The van der Waals surface area contributed by atoms with E-state index in [-0.39, 0.29) is 5.91 Å². The van der Waals surface area contributed by atoms with E-state index in [0.717, 1.165) is 10.0 Å². The number of hydrogen-bond acceptors (Lipinski definition) is 4. The number of carbonyl (C=O) groups is 1. The lowest BCUT2D eigenvalue weighted by Gasteiger charge is -2.17. The summed E-state index contributed by atoms with van der Waals surface area (Å²) in [6.45, 7) is 0.525. The van der Waals surface area contributed by atoms with Crippen LogP contribution in [-0.2, 0) is 6.54 Å². The first kappa shape index (κ1) is 14.5. The number of aromatic nitrogens is 2. The van der Waals surface area contributed by atoms with Crippen LogP contribution in [0.5, 0.6) is 0 Å². The number of anilines is 1. The van der Waals surface area contributed by atoms with Crippen LogP contribution in [0.3, 0.4) is 0 Å². The third-order valence-corrected chi connectivity index (χ3v) is 3.32. The minimum atomic E-state index is -0.155. The molecule has 20 heavy (non-hydrogen) atoms. The highest BCUT2D eigenvalue weighted by atomic mass is 79.9. The van der Waals surface area contributed by atoms with Crippen molar-refractivity contribution >= 4 is 27.7 Å². The van der Waals surface area contributed by atoms with Gasteiger partial charge >= 0.3 is 0 Å². The Morgan fingerprint density at radius 2 is 2.00 bits per heavy atom. The third kappa shape index (κ3) is 3.54. The molecule has 0 saturated carbocycles. The molecule has 0 aliphatic heterocycles. The van der Waals surface area contributed by atoms with Crippen molar-refractivity contribution < 1.29 is 4.79 Å². The van der Waals surface area contributed by atoms with Gasteiger partial charge in [-0.25, -0.2) is 4.98 Å². The van der Waals surface area contributed by atoms with Crippen LogP contribution in [0.2, 0.25) is 0 Å². The zero-order valence-corrected chi connectivity index (χ0v) is 12.9. The average Bonchev–Trinajstić information content (AvgIpc) is 2.48. The van der Waals surface area contributed by atoms with E-state index in [2.05, 4.69) is 31.2 Å². The summed E-state index contributed by atoms with van der Waals surface area (Å²) >= 11 is 3.39. The Morgan fingerprint density at radius 3 is 2.65 bits per heavy atom. The highest BCUT2D eigenvalue weighted by Gasteiger charge is 2.14. The lowest BCUT2D eigenvalue weighted by molar-refractivity contribution is 0.0779. The summed E-state index contributed by atoms with van der Waals surface area (Å²) in [5, 5.41) is 2.87. The zero-order chi connectivity index (χ0) is 14.5. The van der Waals surface area contributed by atoms with Gasteiger partial charge in [0.05, 0.1) is 12.4 Å². The summed E-state index contributed by atoms with van der Waals surface area (Å²) in [6, 6.07) is 7.86. The van der Waals surface area contributed by atoms with E-state index in [1.807, 2.05) is 24.3 Å². The highest BCUT2D eigenvalue weighted by molar-refractivity contribution is 9.10. The minimum Gasteiger partial charge on any atom is -0.372 e. The van der Waals surface area contributed by atoms with E-state index >= 15 is 0 Å². The molecular weight excluding hydrogens is 320 g/mol. The van der Waals surface area contributed by atoms with Gasteiger partial charge in [-0.1, -0.05) is 28.1 Å². The molecule has 0 unspecified atom stereocenters. The molecule has 0 fully saturated rings. The molecule has 0 saturated heterocycles. The molecule has 0 aliphatic carbocycles. The predicted molar refractivity (Wildman–Crippen MR) is 81.5 cm³/mol. The topological polar surface area (TPSA) is 58.1 Å². The van der Waals surface area contributed by atoms with Crippen molar-refractivity contribution in [2.75, 3.05) is 19.4 Å². The Morgan fingerprint density at radius 1 is 1.30 bits per heavy atom. The van der Waals surface area contributed by atoms with Crippen LogP contribution < -0.4 is 5.32 Å². The lowest BCUT2D eigenvalue weighted by Crippen LogP contribution is -2.27. The van der Waals surface area contributed by atoms with Crippen molar-refractivity contribution in [3.8, 4) is 0 Å². The smallest absolute Gasteiger partial charge is 0.274 e. The van der Waals surface area contributed by atoms with Gasteiger partial charge in [0.25, 0.3) is 5.91 Å². The molecule has 0 spiro atoms. The van der Waals surface area contributed by atoms with E-state index in [0.29, 0.717) is 18.1 Å². The van der Waals surface area contributed by atoms with Crippen LogP contribution in [-0.4, -0.2) is 34.9 Å². The first-order chi connectivity index (χ1) is 9.60. The minimum absolute atomic E-state index is 0.155.